The van der Waals surface area contributed by atoms with Crippen molar-refractivity contribution in [1.82, 2.24) is 0 Å². The van der Waals surface area contributed by atoms with Gasteiger partial charge in [0.05, 0.1) is 17.8 Å². The molecule has 0 aromatic heterocycles. The van der Waals surface area contributed by atoms with Gasteiger partial charge in [0.2, 0.25) is 0 Å². The molecule has 0 unspecified atom stereocenters. The molecule has 3 N–H and O–H groups in total. The summed E-state index contributed by atoms with van der Waals surface area (Å²) in [6, 6.07) is 0. The van der Waals surface area contributed by atoms with E-state index in [1.807, 2.05) is 13.8 Å². The number of aliphatic hydroxyl groups excluding tert-OH is 2. The minimum Gasteiger partial charge on any atom is -0.390 e. The van der Waals surface area contributed by atoms with Gasteiger partial charge < -0.3 is 15.3 Å². The molecule has 3 aliphatic rings. The van der Waals surface area contributed by atoms with Crippen molar-refractivity contribution in [1.29, 1.82) is 0 Å². The molecule has 0 saturated heterocycles. The molecule has 0 radical (unpaired) electrons. The van der Waals surface area contributed by atoms with Gasteiger partial charge in [-0.3, -0.25) is 0 Å². The first kappa shape index (κ1) is 24.5. The molecule has 0 aromatic carbocycles. The molecule has 0 amide bonds. The maximum absolute atomic E-state index is 10.3. The van der Waals surface area contributed by atoms with Crippen molar-refractivity contribution >= 4 is 0 Å². The minimum atomic E-state index is -0.681. The van der Waals surface area contributed by atoms with Crippen molar-refractivity contribution in [3.8, 4) is 0 Å². The van der Waals surface area contributed by atoms with E-state index in [9.17, 15) is 15.3 Å². The predicted molar refractivity (Wildman–Crippen MR) is 128 cm³/mol. The van der Waals surface area contributed by atoms with Crippen LogP contribution in [0, 0.1) is 29.1 Å². The maximum Gasteiger partial charge on any atom is 0.0809 e. The molecule has 31 heavy (non-hydrogen) atoms. The first-order valence-electron chi connectivity index (χ1n) is 12.3. The molecule has 0 spiro atoms. The largest absolute Gasteiger partial charge is 0.390 e. The van der Waals surface area contributed by atoms with Crippen LogP contribution in [0.4, 0.5) is 0 Å². The van der Waals surface area contributed by atoms with E-state index in [4.69, 9.17) is 0 Å². The Morgan fingerprint density at radius 2 is 1.71 bits per heavy atom. The highest BCUT2D eigenvalue weighted by Gasteiger charge is 2.50. The third-order valence-electron chi connectivity index (χ3n) is 8.79. The Bertz CT molecular complexity index is 737. The molecule has 7 atom stereocenters. The highest BCUT2D eigenvalue weighted by molar-refractivity contribution is 5.29. The molecule has 0 aliphatic heterocycles. The van der Waals surface area contributed by atoms with E-state index in [0.29, 0.717) is 41.6 Å². The lowest BCUT2D eigenvalue weighted by Crippen LogP contribution is -2.35. The van der Waals surface area contributed by atoms with Crippen LogP contribution in [0.5, 0.6) is 0 Å². The lowest BCUT2D eigenvalue weighted by molar-refractivity contribution is 0.0436. The maximum atomic E-state index is 10.3. The number of allylic oxidation sites excluding steroid dienone is 4. The summed E-state index contributed by atoms with van der Waals surface area (Å²) < 4.78 is 0. The normalized spacial score (nSPS) is 37.9. The fourth-order valence-electron chi connectivity index (χ4n) is 6.28. The van der Waals surface area contributed by atoms with Crippen LogP contribution in [0.15, 0.2) is 47.6 Å². The van der Waals surface area contributed by atoms with Crippen molar-refractivity contribution in [2.75, 3.05) is 0 Å². The fraction of sp³-hybridized carbons (Fsp3) is 0.714. The zero-order chi connectivity index (χ0) is 23.0. The van der Waals surface area contributed by atoms with Crippen LogP contribution in [0.2, 0.25) is 0 Å². The van der Waals surface area contributed by atoms with Gasteiger partial charge in [-0.15, -0.1) is 0 Å². The van der Waals surface area contributed by atoms with E-state index in [1.165, 1.54) is 25.7 Å². The van der Waals surface area contributed by atoms with E-state index in [0.717, 1.165) is 12.0 Å². The molecule has 3 heteroatoms. The number of fused-ring (bicyclic) bond motifs is 1. The van der Waals surface area contributed by atoms with E-state index >= 15 is 0 Å². The van der Waals surface area contributed by atoms with Gasteiger partial charge in [-0.1, -0.05) is 62.8 Å². The first-order valence-corrected chi connectivity index (χ1v) is 12.3. The zero-order valence-electron chi connectivity index (χ0n) is 20.3. The average molecular weight is 429 g/mol. The number of hydrogen-bond acceptors (Lipinski definition) is 3. The van der Waals surface area contributed by atoms with Crippen LogP contribution >= 0.6 is 0 Å². The van der Waals surface area contributed by atoms with E-state index in [-0.39, 0.29) is 5.92 Å². The molecule has 3 fully saturated rings. The highest BCUT2D eigenvalue weighted by atomic mass is 16.3. The van der Waals surface area contributed by atoms with Gasteiger partial charge in [-0.05, 0) is 87.5 Å². The average Bonchev–Trinajstić information content (AvgIpc) is 3.05. The van der Waals surface area contributed by atoms with Gasteiger partial charge in [-0.2, -0.15) is 0 Å². The standard InChI is InChI=1S/C28H44O3/c1-18(9-10-19(2)27(4,5)31)23-13-14-24-22(8-7-15-28(23,24)6)12-11-21-16-25(29)20(3)26(30)17-21/h9-12,18-19,23-26,29-31H,3,7-8,13-17H2,1-2,4-6H3/t18-,19-,23-,24+,25-,26-,28-/m1/s1. The molecule has 3 rings (SSSR count). The Morgan fingerprint density at radius 1 is 1.06 bits per heavy atom. The van der Waals surface area contributed by atoms with Crippen molar-refractivity contribution in [3.05, 3.63) is 47.6 Å². The third kappa shape index (κ3) is 5.26. The van der Waals surface area contributed by atoms with Crippen molar-refractivity contribution < 1.29 is 15.3 Å². The van der Waals surface area contributed by atoms with Crippen LogP contribution in [-0.2, 0) is 0 Å². The Kier molecular flexibility index (Phi) is 7.40. The monoisotopic (exact) mass is 428 g/mol. The van der Waals surface area contributed by atoms with Crippen LogP contribution in [0.1, 0.15) is 79.6 Å². The summed E-state index contributed by atoms with van der Waals surface area (Å²) >= 11 is 0. The zero-order valence-corrected chi connectivity index (χ0v) is 20.3. The second kappa shape index (κ2) is 9.37. The molecule has 0 bridgehead atoms. The second-order valence-electron chi connectivity index (χ2n) is 11.4. The van der Waals surface area contributed by atoms with Gasteiger partial charge in [0, 0.05) is 5.92 Å². The second-order valence-corrected chi connectivity index (χ2v) is 11.4. The van der Waals surface area contributed by atoms with E-state index in [1.54, 1.807) is 5.57 Å². The van der Waals surface area contributed by atoms with Gasteiger partial charge in [0.15, 0.2) is 0 Å². The van der Waals surface area contributed by atoms with Crippen molar-refractivity contribution in [2.24, 2.45) is 29.1 Å². The van der Waals surface area contributed by atoms with Gasteiger partial charge >= 0.3 is 0 Å². The summed E-state index contributed by atoms with van der Waals surface area (Å²) in [7, 11) is 0. The smallest absolute Gasteiger partial charge is 0.0809 e. The van der Waals surface area contributed by atoms with E-state index in [2.05, 4.69) is 51.7 Å². The summed E-state index contributed by atoms with van der Waals surface area (Å²) in [6.45, 7) is 14.5. The Hall–Kier alpha value is -1.16. The lowest BCUT2D eigenvalue weighted by Gasteiger charge is -2.44. The number of aliphatic hydroxyl groups is 3. The molecular weight excluding hydrogens is 384 g/mol. The Morgan fingerprint density at radius 3 is 2.32 bits per heavy atom. The van der Waals surface area contributed by atoms with E-state index < -0.39 is 17.8 Å². The predicted octanol–water partition coefficient (Wildman–Crippen LogP) is 5.73. The van der Waals surface area contributed by atoms with Crippen LogP contribution in [0.3, 0.4) is 0 Å². The number of rotatable bonds is 5. The quantitative estimate of drug-likeness (QED) is 0.490. The Balaban J connectivity index is 1.73. The molecule has 174 valence electrons. The summed E-state index contributed by atoms with van der Waals surface area (Å²) in [5, 5.41) is 30.5. The summed E-state index contributed by atoms with van der Waals surface area (Å²) in [5.74, 6) is 1.94. The molecular formula is C28H44O3. The number of hydrogen-bond donors (Lipinski definition) is 3. The SMILES string of the molecule is C=C1[C@H](O)CC(=CC=C2CCC[C@]3(C)[C@@H]([C@H](C)C=C[C@@H](C)C(C)(C)O)CC[C@@H]23)C[C@H]1O. The molecule has 0 aromatic rings. The lowest BCUT2D eigenvalue weighted by atomic mass is 9.61. The topological polar surface area (TPSA) is 60.7 Å². The van der Waals surface area contributed by atoms with Gasteiger partial charge in [0.25, 0.3) is 0 Å². The third-order valence-corrected chi connectivity index (χ3v) is 8.79. The van der Waals surface area contributed by atoms with Crippen LogP contribution in [-0.4, -0.2) is 33.1 Å². The molecule has 0 heterocycles. The van der Waals surface area contributed by atoms with Gasteiger partial charge in [0.1, 0.15) is 0 Å². The Labute approximate surface area is 189 Å². The highest BCUT2D eigenvalue weighted by Crippen LogP contribution is 2.59. The fourth-order valence-corrected chi connectivity index (χ4v) is 6.28. The first-order chi connectivity index (χ1) is 14.4. The molecule has 3 aliphatic carbocycles. The summed E-state index contributed by atoms with van der Waals surface area (Å²) in [6.07, 6.45) is 15.1. The summed E-state index contributed by atoms with van der Waals surface area (Å²) in [4.78, 5) is 0. The van der Waals surface area contributed by atoms with Crippen LogP contribution < -0.4 is 0 Å². The van der Waals surface area contributed by atoms with Crippen molar-refractivity contribution in [3.63, 3.8) is 0 Å². The van der Waals surface area contributed by atoms with Gasteiger partial charge in [-0.25, -0.2) is 0 Å². The van der Waals surface area contributed by atoms with Crippen molar-refractivity contribution in [2.45, 2.75) is 97.4 Å². The summed E-state index contributed by atoms with van der Waals surface area (Å²) in [5.41, 5.74) is 2.87. The molecule has 3 saturated carbocycles. The minimum absolute atomic E-state index is 0.144. The molecule has 3 nitrogen and oxygen atoms in total. The van der Waals surface area contributed by atoms with Crippen LogP contribution in [0.25, 0.3) is 0 Å².